The first-order valence-electron chi connectivity index (χ1n) is 9.65. The van der Waals surface area contributed by atoms with Crippen molar-refractivity contribution < 1.29 is 9.21 Å². The molecule has 0 unspecified atom stereocenters. The van der Waals surface area contributed by atoms with Crippen molar-refractivity contribution in [2.24, 2.45) is 0 Å². The number of oxazole rings is 1. The lowest BCUT2D eigenvalue weighted by molar-refractivity contribution is -0.118. The van der Waals surface area contributed by atoms with Gasteiger partial charge in [-0.1, -0.05) is 18.2 Å². The number of aromatic nitrogens is 2. The smallest absolute Gasteiger partial charge is 0.408 e. The second-order valence-corrected chi connectivity index (χ2v) is 8.02. The number of carbonyl (C=O) groups excluding carboxylic acids is 1. The first-order valence-corrected chi connectivity index (χ1v) is 10.5. The summed E-state index contributed by atoms with van der Waals surface area (Å²) in [6, 6.07) is 7.33. The molecule has 1 aliphatic carbocycles. The fourth-order valence-electron chi connectivity index (χ4n) is 3.62. The number of hydrogen-bond acceptors (Lipinski definition) is 5. The number of rotatable bonds is 7. The number of para-hydroxylation sites is 2. The summed E-state index contributed by atoms with van der Waals surface area (Å²) in [6.07, 6.45) is 7.03. The molecule has 1 aliphatic rings. The van der Waals surface area contributed by atoms with E-state index in [1.54, 1.807) is 32.9 Å². The lowest BCUT2D eigenvalue weighted by Gasteiger charge is -2.18. The maximum Gasteiger partial charge on any atom is 0.419 e. The largest absolute Gasteiger partial charge is 0.419 e. The summed E-state index contributed by atoms with van der Waals surface area (Å²) in [6.45, 7) is 4.67. The molecule has 7 heteroatoms. The number of anilines is 1. The van der Waals surface area contributed by atoms with Crippen LogP contribution in [0, 0.1) is 0 Å². The van der Waals surface area contributed by atoms with Crippen LogP contribution in [0.4, 0.5) is 5.13 Å². The second-order valence-electron chi connectivity index (χ2n) is 6.96. The van der Waals surface area contributed by atoms with Crippen LogP contribution in [0.15, 0.2) is 46.1 Å². The SMILES string of the molecule is C=CCN(C(=O)CCCn1c(=O)oc2ccccc21)c1nc2c(s1)CCCC2. The van der Waals surface area contributed by atoms with E-state index in [1.807, 2.05) is 18.2 Å². The molecule has 3 aromatic rings. The predicted octanol–water partition coefficient (Wildman–Crippen LogP) is 3.93. The number of hydrogen-bond donors (Lipinski definition) is 0. The number of nitrogens with zero attached hydrogens (tertiary/aromatic N) is 3. The third-order valence-corrected chi connectivity index (χ3v) is 6.20. The van der Waals surface area contributed by atoms with Crippen LogP contribution in [0.5, 0.6) is 0 Å². The van der Waals surface area contributed by atoms with E-state index < -0.39 is 0 Å². The molecular weight excluding hydrogens is 374 g/mol. The van der Waals surface area contributed by atoms with Crippen LogP contribution in [0.1, 0.15) is 36.3 Å². The Morgan fingerprint density at radius 3 is 2.96 bits per heavy atom. The van der Waals surface area contributed by atoms with Crippen molar-refractivity contribution in [2.75, 3.05) is 11.4 Å². The minimum absolute atomic E-state index is 0.00634. The summed E-state index contributed by atoms with van der Waals surface area (Å²) in [5.41, 5.74) is 2.47. The van der Waals surface area contributed by atoms with Crippen molar-refractivity contribution in [1.82, 2.24) is 9.55 Å². The Morgan fingerprint density at radius 1 is 1.32 bits per heavy atom. The lowest BCUT2D eigenvalue weighted by Crippen LogP contribution is -2.31. The summed E-state index contributed by atoms with van der Waals surface area (Å²) in [5, 5.41) is 0.766. The van der Waals surface area contributed by atoms with Crippen molar-refractivity contribution >= 4 is 33.5 Å². The van der Waals surface area contributed by atoms with Gasteiger partial charge in [0.2, 0.25) is 5.91 Å². The molecule has 0 fully saturated rings. The van der Waals surface area contributed by atoms with Crippen molar-refractivity contribution in [1.29, 1.82) is 0 Å². The van der Waals surface area contributed by atoms with Crippen LogP contribution in [0.3, 0.4) is 0 Å². The number of fused-ring (bicyclic) bond motifs is 2. The van der Waals surface area contributed by atoms with Gasteiger partial charge in [0.25, 0.3) is 0 Å². The van der Waals surface area contributed by atoms with E-state index in [9.17, 15) is 9.59 Å². The van der Waals surface area contributed by atoms with Gasteiger partial charge in [0.1, 0.15) is 0 Å². The summed E-state index contributed by atoms with van der Waals surface area (Å²) in [7, 11) is 0. The number of amides is 1. The normalized spacial score (nSPS) is 13.4. The molecule has 4 rings (SSSR count). The quantitative estimate of drug-likeness (QED) is 0.567. The molecule has 6 nitrogen and oxygen atoms in total. The Balaban J connectivity index is 1.45. The molecule has 0 saturated carbocycles. The van der Waals surface area contributed by atoms with E-state index in [0.717, 1.165) is 29.2 Å². The average molecular weight is 398 g/mol. The van der Waals surface area contributed by atoms with Crippen LogP contribution in [-0.2, 0) is 24.2 Å². The highest BCUT2D eigenvalue weighted by Gasteiger charge is 2.22. The van der Waals surface area contributed by atoms with Crippen LogP contribution >= 0.6 is 11.3 Å². The molecule has 0 aliphatic heterocycles. The summed E-state index contributed by atoms with van der Waals surface area (Å²) < 4.78 is 6.83. The average Bonchev–Trinajstić information content (AvgIpc) is 3.26. The van der Waals surface area contributed by atoms with E-state index in [-0.39, 0.29) is 11.7 Å². The molecule has 2 aromatic heterocycles. The Hall–Kier alpha value is -2.67. The van der Waals surface area contributed by atoms with Crippen LogP contribution < -0.4 is 10.7 Å². The third kappa shape index (κ3) is 3.67. The van der Waals surface area contributed by atoms with E-state index in [2.05, 4.69) is 6.58 Å². The van der Waals surface area contributed by atoms with Crippen LogP contribution in [-0.4, -0.2) is 22.0 Å². The molecule has 0 spiro atoms. The minimum Gasteiger partial charge on any atom is -0.408 e. The maximum atomic E-state index is 12.9. The zero-order valence-corrected chi connectivity index (χ0v) is 16.5. The molecule has 0 N–H and O–H groups in total. The van der Waals surface area contributed by atoms with Crippen LogP contribution in [0.2, 0.25) is 0 Å². The van der Waals surface area contributed by atoms with Gasteiger partial charge < -0.3 is 4.42 Å². The summed E-state index contributed by atoms with van der Waals surface area (Å²) in [5.74, 6) is -0.379. The van der Waals surface area contributed by atoms with Gasteiger partial charge in [0, 0.05) is 24.4 Å². The molecule has 146 valence electrons. The van der Waals surface area contributed by atoms with E-state index in [1.165, 1.54) is 17.7 Å². The molecule has 0 bridgehead atoms. The second kappa shape index (κ2) is 8.14. The highest BCUT2D eigenvalue weighted by atomic mass is 32.1. The Morgan fingerprint density at radius 2 is 2.14 bits per heavy atom. The third-order valence-electron chi connectivity index (χ3n) is 5.02. The zero-order valence-electron chi connectivity index (χ0n) is 15.7. The number of aryl methyl sites for hydroxylation is 3. The minimum atomic E-state index is -0.385. The topological polar surface area (TPSA) is 68.3 Å². The van der Waals surface area contributed by atoms with Gasteiger partial charge in [-0.3, -0.25) is 14.3 Å². The molecule has 2 heterocycles. The molecule has 0 atom stereocenters. The molecule has 1 aromatic carbocycles. The molecule has 1 amide bonds. The van der Waals surface area contributed by atoms with Crippen molar-refractivity contribution in [2.45, 2.75) is 45.1 Å². The van der Waals surface area contributed by atoms with Crippen LogP contribution in [0.25, 0.3) is 11.1 Å². The number of benzene rings is 1. The highest BCUT2D eigenvalue weighted by molar-refractivity contribution is 7.16. The maximum absolute atomic E-state index is 12.9. The molecule has 0 radical (unpaired) electrons. The van der Waals surface area contributed by atoms with Crippen molar-refractivity contribution in [3.63, 3.8) is 0 Å². The lowest BCUT2D eigenvalue weighted by atomic mass is 10.0. The van der Waals surface area contributed by atoms with Gasteiger partial charge >= 0.3 is 5.76 Å². The van der Waals surface area contributed by atoms with E-state index in [4.69, 9.17) is 9.40 Å². The number of carbonyl (C=O) groups is 1. The Bertz CT molecular complexity index is 1040. The van der Waals surface area contributed by atoms with E-state index >= 15 is 0 Å². The molecule has 28 heavy (non-hydrogen) atoms. The van der Waals surface area contributed by atoms with Gasteiger partial charge in [-0.2, -0.15) is 0 Å². The van der Waals surface area contributed by atoms with E-state index in [0.29, 0.717) is 31.5 Å². The monoisotopic (exact) mass is 397 g/mol. The Kier molecular flexibility index (Phi) is 5.43. The van der Waals surface area contributed by atoms with Crippen molar-refractivity contribution in [3.8, 4) is 0 Å². The summed E-state index contributed by atoms with van der Waals surface area (Å²) in [4.78, 5) is 32.7. The first kappa shape index (κ1) is 18.7. The Labute approximate surface area is 167 Å². The van der Waals surface area contributed by atoms with Gasteiger partial charge in [-0.15, -0.1) is 17.9 Å². The fraction of sp³-hybridized carbons (Fsp3) is 0.381. The number of thiazole rings is 1. The van der Waals surface area contributed by atoms with Gasteiger partial charge in [0.15, 0.2) is 10.7 Å². The first-order chi connectivity index (χ1) is 13.7. The predicted molar refractivity (Wildman–Crippen MR) is 111 cm³/mol. The standard InChI is InChI=1S/C21H23N3O3S/c1-2-13-24(20-22-15-8-3-6-11-18(15)28-20)19(25)12-7-14-23-16-9-4-5-10-17(16)27-21(23)26/h2,4-5,9-10H,1,3,6-8,11-14H2. The fourth-order valence-corrected chi connectivity index (χ4v) is 4.79. The zero-order chi connectivity index (χ0) is 19.5. The highest BCUT2D eigenvalue weighted by Crippen LogP contribution is 2.32. The molecule has 0 saturated heterocycles. The van der Waals surface area contributed by atoms with Gasteiger partial charge in [-0.25, -0.2) is 9.78 Å². The van der Waals surface area contributed by atoms with Gasteiger partial charge in [-0.05, 0) is 44.2 Å². The summed E-state index contributed by atoms with van der Waals surface area (Å²) >= 11 is 1.62. The van der Waals surface area contributed by atoms with Gasteiger partial charge in [0.05, 0.1) is 11.2 Å². The molecular formula is C21H23N3O3S. The van der Waals surface area contributed by atoms with Crippen molar-refractivity contribution in [3.05, 3.63) is 58.0 Å².